The highest BCUT2D eigenvalue weighted by atomic mass is 16.5. The third-order valence-corrected chi connectivity index (χ3v) is 4.25. The van der Waals surface area contributed by atoms with Crippen LogP contribution in [-0.4, -0.2) is 29.3 Å². The predicted molar refractivity (Wildman–Crippen MR) is 62.5 cm³/mol. The van der Waals surface area contributed by atoms with E-state index >= 15 is 0 Å². The highest BCUT2D eigenvalue weighted by Gasteiger charge is 2.38. The number of nitrogens with zero attached hydrogens (tertiary/aromatic N) is 1. The summed E-state index contributed by atoms with van der Waals surface area (Å²) in [5.41, 5.74) is 0. The molecule has 2 fully saturated rings. The van der Waals surface area contributed by atoms with Crippen molar-refractivity contribution in [2.45, 2.75) is 69.6 Å². The highest BCUT2D eigenvalue weighted by Crippen LogP contribution is 2.34. The van der Waals surface area contributed by atoms with E-state index in [1.54, 1.807) is 0 Å². The summed E-state index contributed by atoms with van der Waals surface area (Å²) in [5, 5.41) is 9.63. The monoisotopic (exact) mass is 223 g/mol. The van der Waals surface area contributed by atoms with Crippen LogP contribution in [0.25, 0.3) is 0 Å². The Labute approximate surface area is 96.9 Å². The van der Waals surface area contributed by atoms with Crippen molar-refractivity contribution < 1.29 is 9.84 Å². The average molecular weight is 223 g/mol. The minimum atomic E-state index is -0.153. The van der Waals surface area contributed by atoms with Crippen LogP contribution in [0.2, 0.25) is 0 Å². The molecule has 3 aliphatic rings. The molecule has 0 spiro atoms. The number of rotatable bonds is 1. The molecule has 0 aromatic carbocycles. The Morgan fingerprint density at radius 3 is 2.69 bits per heavy atom. The van der Waals surface area contributed by atoms with Crippen LogP contribution in [0.15, 0.2) is 4.99 Å². The van der Waals surface area contributed by atoms with Crippen LogP contribution in [0.3, 0.4) is 0 Å². The van der Waals surface area contributed by atoms with E-state index < -0.39 is 0 Å². The number of aliphatic hydroxyl groups is 1. The van der Waals surface area contributed by atoms with Gasteiger partial charge in [-0.15, -0.1) is 0 Å². The van der Waals surface area contributed by atoms with Crippen LogP contribution in [0, 0.1) is 5.92 Å². The van der Waals surface area contributed by atoms with Gasteiger partial charge in [0, 0.05) is 5.92 Å². The van der Waals surface area contributed by atoms with E-state index in [0.29, 0.717) is 5.92 Å². The summed E-state index contributed by atoms with van der Waals surface area (Å²) in [4.78, 5) is 4.72. The maximum Gasteiger partial charge on any atom is 0.187 e. The molecule has 16 heavy (non-hydrogen) atoms. The molecule has 3 unspecified atom stereocenters. The Morgan fingerprint density at radius 1 is 1.06 bits per heavy atom. The third-order valence-electron chi connectivity index (χ3n) is 4.25. The van der Waals surface area contributed by atoms with Gasteiger partial charge in [-0.05, 0) is 32.1 Å². The molecule has 0 saturated heterocycles. The predicted octanol–water partition coefficient (Wildman–Crippen LogP) is 2.28. The second kappa shape index (κ2) is 4.36. The Bertz CT molecular complexity index is 284. The van der Waals surface area contributed by atoms with E-state index in [0.717, 1.165) is 25.2 Å². The zero-order valence-corrected chi connectivity index (χ0v) is 9.77. The van der Waals surface area contributed by atoms with Crippen LogP contribution >= 0.6 is 0 Å². The van der Waals surface area contributed by atoms with Gasteiger partial charge in [-0.3, -0.25) is 0 Å². The van der Waals surface area contributed by atoms with Crippen LogP contribution in [-0.2, 0) is 4.74 Å². The van der Waals surface area contributed by atoms with Crippen molar-refractivity contribution in [2.24, 2.45) is 10.9 Å². The summed E-state index contributed by atoms with van der Waals surface area (Å²) in [6.45, 7) is 0. The van der Waals surface area contributed by atoms with Crippen molar-refractivity contribution in [2.75, 3.05) is 0 Å². The Morgan fingerprint density at radius 2 is 1.88 bits per heavy atom. The quantitative estimate of drug-likeness (QED) is 0.741. The largest absolute Gasteiger partial charge is 0.475 e. The molecule has 0 bridgehead atoms. The van der Waals surface area contributed by atoms with E-state index in [2.05, 4.69) is 0 Å². The van der Waals surface area contributed by atoms with Gasteiger partial charge < -0.3 is 9.84 Å². The molecule has 3 atom stereocenters. The van der Waals surface area contributed by atoms with E-state index in [-0.39, 0.29) is 18.2 Å². The lowest BCUT2D eigenvalue weighted by Crippen LogP contribution is -2.33. The number of aliphatic hydroxyl groups excluding tert-OH is 1. The molecule has 1 heterocycles. The molecule has 3 rings (SSSR count). The normalized spacial score (nSPS) is 40.1. The summed E-state index contributed by atoms with van der Waals surface area (Å²) in [6.07, 6.45) is 9.31. The van der Waals surface area contributed by atoms with Gasteiger partial charge in [0.1, 0.15) is 6.10 Å². The zero-order valence-electron chi connectivity index (χ0n) is 9.77. The van der Waals surface area contributed by atoms with Gasteiger partial charge in [0.2, 0.25) is 0 Å². The van der Waals surface area contributed by atoms with Gasteiger partial charge in [-0.2, -0.15) is 0 Å². The van der Waals surface area contributed by atoms with Crippen molar-refractivity contribution in [1.29, 1.82) is 0 Å². The first-order valence-corrected chi connectivity index (χ1v) is 6.75. The molecule has 2 aliphatic carbocycles. The Kier molecular flexibility index (Phi) is 2.88. The average Bonchev–Trinajstić information content (AvgIpc) is 2.73. The van der Waals surface area contributed by atoms with Crippen molar-refractivity contribution in [3.8, 4) is 0 Å². The fraction of sp³-hybridized carbons (Fsp3) is 0.923. The molecule has 0 amide bonds. The lowest BCUT2D eigenvalue weighted by molar-refractivity contribution is 0.0594. The van der Waals surface area contributed by atoms with E-state index in [1.807, 2.05) is 0 Å². The van der Waals surface area contributed by atoms with E-state index in [1.165, 1.54) is 32.1 Å². The molecular weight excluding hydrogens is 202 g/mol. The Hall–Kier alpha value is -0.570. The first kappa shape index (κ1) is 10.6. The molecule has 1 aliphatic heterocycles. The molecule has 2 saturated carbocycles. The summed E-state index contributed by atoms with van der Waals surface area (Å²) in [5.74, 6) is 1.60. The third kappa shape index (κ3) is 1.97. The SMILES string of the molecule is OC1CCC2OC(C3CCCCC3)=NC2C1. The second-order valence-corrected chi connectivity index (χ2v) is 5.49. The van der Waals surface area contributed by atoms with Crippen molar-refractivity contribution in [3.63, 3.8) is 0 Å². The van der Waals surface area contributed by atoms with Crippen molar-refractivity contribution in [1.82, 2.24) is 0 Å². The maximum absolute atomic E-state index is 9.63. The molecular formula is C13H21NO2. The van der Waals surface area contributed by atoms with Crippen LogP contribution in [0.1, 0.15) is 51.4 Å². The van der Waals surface area contributed by atoms with Crippen LogP contribution in [0.4, 0.5) is 0 Å². The van der Waals surface area contributed by atoms with Crippen LogP contribution in [0.5, 0.6) is 0 Å². The first-order chi connectivity index (χ1) is 7.83. The highest BCUT2D eigenvalue weighted by molar-refractivity contribution is 5.80. The van der Waals surface area contributed by atoms with Crippen molar-refractivity contribution >= 4 is 5.90 Å². The number of ether oxygens (including phenoxy) is 1. The Balaban J connectivity index is 1.66. The standard InChI is InChI=1S/C13H21NO2/c15-10-6-7-12-11(8-10)14-13(16-12)9-4-2-1-3-5-9/h9-12,15H,1-8H2. The molecule has 3 heteroatoms. The molecule has 0 radical (unpaired) electrons. The second-order valence-electron chi connectivity index (χ2n) is 5.49. The first-order valence-electron chi connectivity index (χ1n) is 6.75. The number of hydrogen-bond donors (Lipinski definition) is 1. The smallest absolute Gasteiger partial charge is 0.187 e. The van der Waals surface area contributed by atoms with Gasteiger partial charge in [-0.25, -0.2) is 4.99 Å². The summed E-state index contributed by atoms with van der Waals surface area (Å²) < 4.78 is 5.99. The molecule has 90 valence electrons. The van der Waals surface area contributed by atoms with Gasteiger partial charge in [0.15, 0.2) is 5.90 Å². The number of fused-ring (bicyclic) bond motifs is 1. The number of aliphatic imine (C=N–C) groups is 1. The van der Waals surface area contributed by atoms with E-state index in [9.17, 15) is 5.11 Å². The topological polar surface area (TPSA) is 41.8 Å². The zero-order chi connectivity index (χ0) is 11.0. The van der Waals surface area contributed by atoms with Crippen LogP contribution < -0.4 is 0 Å². The van der Waals surface area contributed by atoms with Gasteiger partial charge in [0.25, 0.3) is 0 Å². The summed E-state index contributed by atoms with van der Waals surface area (Å²) >= 11 is 0. The molecule has 3 nitrogen and oxygen atoms in total. The molecule has 0 aromatic heterocycles. The van der Waals surface area contributed by atoms with Gasteiger partial charge in [0.05, 0.1) is 12.1 Å². The maximum atomic E-state index is 9.63. The fourth-order valence-corrected chi connectivity index (χ4v) is 3.27. The van der Waals surface area contributed by atoms with Crippen molar-refractivity contribution in [3.05, 3.63) is 0 Å². The summed E-state index contributed by atoms with van der Waals surface area (Å²) in [6, 6.07) is 0.251. The number of hydrogen-bond acceptors (Lipinski definition) is 3. The van der Waals surface area contributed by atoms with Gasteiger partial charge >= 0.3 is 0 Å². The minimum Gasteiger partial charge on any atom is -0.475 e. The van der Waals surface area contributed by atoms with Gasteiger partial charge in [-0.1, -0.05) is 19.3 Å². The summed E-state index contributed by atoms with van der Waals surface area (Å²) in [7, 11) is 0. The molecule has 1 N–H and O–H groups in total. The fourth-order valence-electron chi connectivity index (χ4n) is 3.27. The van der Waals surface area contributed by atoms with E-state index in [4.69, 9.17) is 9.73 Å². The molecule has 0 aromatic rings. The lowest BCUT2D eigenvalue weighted by atomic mass is 9.89. The lowest BCUT2D eigenvalue weighted by Gasteiger charge is -2.27. The minimum absolute atomic E-state index is 0.153.